The van der Waals surface area contributed by atoms with Gasteiger partial charge in [0.2, 0.25) is 0 Å². The van der Waals surface area contributed by atoms with E-state index in [4.69, 9.17) is 9.47 Å². The monoisotopic (exact) mass is 198 g/mol. The standard InChI is InChI=1S/C12H22O2/c1-2-13-10-8-6-4-3-5-7-9-12-11-14-12/h2,12H,1,3-11H2. The van der Waals surface area contributed by atoms with Crippen molar-refractivity contribution in [3.05, 3.63) is 12.8 Å². The second kappa shape index (κ2) is 7.86. The predicted molar refractivity (Wildman–Crippen MR) is 58.2 cm³/mol. The van der Waals surface area contributed by atoms with E-state index >= 15 is 0 Å². The Bertz CT molecular complexity index is 141. The van der Waals surface area contributed by atoms with Gasteiger partial charge < -0.3 is 9.47 Å². The summed E-state index contributed by atoms with van der Waals surface area (Å²) < 4.78 is 10.2. The molecule has 1 aliphatic heterocycles. The van der Waals surface area contributed by atoms with Crippen LogP contribution < -0.4 is 0 Å². The zero-order valence-electron chi connectivity index (χ0n) is 9.04. The van der Waals surface area contributed by atoms with Crippen LogP contribution in [-0.2, 0) is 9.47 Å². The molecule has 0 N–H and O–H groups in total. The number of unbranched alkanes of at least 4 members (excludes halogenated alkanes) is 5. The van der Waals surface area contributed by atoms with Crippen molar-refractivity contribution in [2.24, 2.45) is 0 Å². The summed E-state index contributed by atoms with van der Waals surface area (Å²) in [5.74, 6) is 0. The van der Waals surface area contributed by atoms with Gasteiger partial charge in [-0.3, -0.25) is 0 Å². The molecular formula is C12H22O2. The van der Waals surface area contributed by atoms with Gasteiger partial charge in [-0.05, 0) is 12.8 Å². The molecule has 0 aromatic heterocycles. The minimum Gasteiger partial charge on any atom is -0.502 e. The van der Waals surface area contributed by atoms with Gasteiger partial charge in [-0.25, -0.2) is 0 Å². The van der Waals surface area contributed by atoms with Gasteiger partial charge in [0.05, 0.1) is 25.6 Å². The molecule has 1 atom stereocenters. The number of hydrogen-bond acceptors (Lipinski definition) is 2. The van der Waals surface area contributed by atoms with Gasteiger partial charge in [-0.15, -0.1) is 0 Å². The summed E-state index contributed by atoms with van der Waals surface area (Å²) in [5.41, 5.74) is 0. The van der Waals surface area contributed by atoms with E-state index in [9.17, 15) is 0 Å². The Kier molecular flexibility index (Phi) is 6.50. The maximum atomic E-state index is 5.15. The maximum absolute atomic E-state index is 5.15. The Labute approximate surface area is 87.3 Å². The van der Waals surface area contributed by atoms with Gasteiger partial charge in [0.15, 0.2) is 0 Å². The number of hydrogen-bond donors (Lipinski definition) is 0. The third-order valence-corrected chi connectivity index (χ3v) is 2.56. The van der Waals surface area contributed by atoms with E-state index in [1.165, 1.54) is 44.8 Å². The maximum Gasteiger partial charge on any atom is 0.0873 e. The lowest BCUT2D eigenvalue weighted by Gasteiger charge is -2.01. The van der Waals surface area contributed by atoms with Gasteiger partial charge in [0.25, 0.3) is 0 Å². The molecule has 1 aliphatic rings. The summed E-state index contributed by atoms with van der Waals surface area (Å²) in [6.07, 6.45) is 11.3. The molecule has 2 nitrogen and oxygen atoms in total. The van der Waals surface area contributed by atoms with Gasteiger partial charge in [-0.2, -0.15) is 0 Å². The molecule has 1 fully saturated rings. The third-order valence-electron chi connectivity index (χ3n) is 2.56. The molecule has 82 valence electrons. The summed E-state index contributed by atoms with van der Waals surface area (Å²) in [4.78, 5) is 0. The zero-order chi connectivity index (χ0) is 10.1. The average Bonchev–Trinajstić information content (AvgIpc) is 2.99. The van der Waals surface area contributed by atoms with E-state index in [2.05, 4.69) is 6.58 Å². The summed E-state index contributed by atoms with van der Waals surface area (Å²) in [5, 5.41) is 0. The normalized spacial score (nSPS) is 19.3. The van der Waals surface area contributed by atoms with Gasteiger partial charge >= 0.3 is 0 Å². The molecule has 0 aliphatic carbocycles. The van der Waals surface area contributed by atoms with Crippen molar-refractivity contribution in [2.75, 3.05) is 13.2 Å². The van der Waals surface area contributed by atoms with Crippen molar-refractivity contribution in [1.82, 2.24) is 0 Å². The van der Waals surface area contributed by atoms with Gasteiger partial charge in [-0.1, -0.05) is 38.7 Å². The second-order valence-corrected chi connectivity index (χ2v) is 3.90. The minimum absolute atomic E-state index is 0.621. The lowest BCUT2D eigenvalue weighted by molar-refractivity contribution is 0.241. The average molecular weight is 198 g/mol. The zero-order valence-corrected chi connectivity index (χ0v) is 9.04. The highest BCUT2D eigenvalue weighted by Crippen LogP contribution is 2.17. The van der Waals surface area contributed by atoms with Crippen LogP contribution in [-0.4, -0.2) is 19.3 Å². The molecule has 0 amide bonds. The first kappa shape index (κ1) is 11.6. The van der Waals surface area contributed by atoms with Crippen LogP contribution in [0.15, 0.2) is 12.8 Å². The highest BCUT2D eigenvalue weighted by Gasteiger charge is 2.20. The Hall–Kier alpha value is -0.500. The molecule has 1 saturated heterocycles. The van der Waals surface area contributed by atoms with Crippen molar-refractivity contribution >= 4 is 0 Å². The van der Waals surface area contributed by atoms with Crippen LogP contribution in [0.3, 0.4) is 0 Å². The molecule has 1 rings (SSSR count). The quantitative estimate of drug-likeness (QED) is 0.305. The Morgan fingerprint density at radius 1 is 1.14 bits per heavy atom. The van der Waals surface area contributed by atoms with Gasteiger partial charge in [0.1, 0.15) is 0 Å². The number of epoxide rings is 1. The van der Waals surface area contributed by atoms with E-state index in [-0.39, 0.29) is 0 Å². The van der Waals surface area contributed by atoms with Crippen molar-refractivity contribution < 1.29 is 9.47 Å². The van der Waals surface area contributed by atoms with Crippen LogP contribution in [0, 0.1) is 0 Å². The molecule has 0 bridgehead atoms. The molecule has 0 saturated carbocycles. The van der Waals surface area contributed by atoms with E-state index in [0.717, 1.165) is 19.6 Å². The molecule has 0 radical (unpaired) electrons. The molecular weight excluding hydrogens is 176 g/mol. The summed E-state index contributed by atoms with van der Waals surface area (Å²) in [6.45, 7) is 5.35. The lowest BCUT2D eigenvalue weighted by atomic mass is 10.1. The fraction of sp³-hybridized carbons (Fsp3) is 0.833. The summed E-state index contributed by atoms with van der Waals surface area (Å²) in [6, 6.07) is 0. The Morgan fingerprint density at radius 3 is 2.43 bits per heavy atom. The molecule has 2 heteroatoms. The van der Waals surface area contributed by atoms with Crippen molar-refractivity contribution in [1.29, 1.82) is 0 Å². The molecule has 0 spiro atoms. The SMILES string of the molecule is C=COCCCCCCCCC1CO1. The van der Waals surface area contributed by atoms with Gasteiger partial charge in [0, 0.05) is 0 Å². The summed E-state index contributed by atoms with van der Waals surface area (Å²) >= 11 is 0. The molecule has 1 unspecified atom stereocenters. The first-order valence-electron chi connectivity index (χ1n) is 5.77. The van der Waals surface area contributed by atoms with Crippen LogP contribution in [0.2, 0.25) is 0 Å². The second-order valence-electron chi connectivity index (χ2n) is 3.90. The van der Waals surface area contributed by atoms with Crippen LogP contribution >= 0.6 is 0 Å². The Balaban J connectivity index is 1.64. The largest absolute Gasteiger partial charge is 0.502 e. The Morgan fingerprint density at radius 2 is 1.79 bits per heavy atom. The van der Waals surface area contributed by atoms with E-state index in [1.54, 1.807) is 0 Å². The number of ether oxygens (including phenoxy) is 2. The van der Waals surface area contributed by atoms with Crippen molar-refractivity contribution in [3.63, 3.8) is 0 Å². The summed E-state index contributed by atoms with van der Waals surface area (Å²) in [7, 11) is 0. The van der Waals surface area contributed by atoms with Crippen LogP contribution in [0.1, 0.15) is 44.9 Å². The highest BCUT2D eigenvalue weighted by atomic mass is 16.6. The molecule has 14 heavy (non-hydrogen) atoms. The van der Waals surface area contributed by atoms with Crippen LogP contribution in [0.4, 0.5) is 0 Å². The molecule has 0 aromatic carbocycles. The first-order chi connectivity index (χ1) is 6.93. The van der Waals surface area contributed by atoms with Crippen LogP contribution in [0.5, 0.6) is 0 Å². The lowest BCUT2D eigenvalue weighted by Crippen LogP contribution is -1.88. The highest BCUT2D eigenvalue weighted by molar-refractivity contribution is 4.68. The van der Waals surface area contributed by atoms with Crippen LogP contribution in [0.25, 0.3) is 0 Å². The smallest absolute Gasteiger partial charge is 0.0873 e. The topological polar surface area (TPSA) is 21.8 Å². The molecule has 1 heterocycles. The third kappa shape index (κ3) is 6.96. The first-order valence-corrected chi connectivity index (χ1v) is 5.77. The van der Waals surface area contributed by atoms with E-state index in [1.807, 2.05) is 0 Å². The minimum atomic E-state index is 0.621. The fourth-order valence-electron chi connectivity index (χ4n) is 1.58. The number of rotatable bonds is 10. The van der Waals surface area contributed by atoms with E-state index < -0.39 is 0 Å². The van der Waals surface area contributed by atoms with E-state index in [0.29, 0.717) is 6.10 Å². The molecule has 0 aromatic rings. The van der Waals surface area contributed by atoms with Crippen molar-refractivity contribution in [3.8, 4) is 0 Å². The predicted octanol–water partition coefficient (Wildman–Crippen LogP) is 3.28. The van der Waals surface area contributed by atoms with Crippen molar-refractivity contribution in [2.45, 2.75) is 51.0 Å². The fourth-order valence-corrected chi connectivity index (χ4v) is 1.58.